The number of carbonyl (C=O) groups is 1. The molecule has 1 aromatic carbocycles. The number of carboxylic acid groups (broad SMARTS) is 1. The van der Waals surface area contributed by atoms with E-state index in [0.29, 0.717) is 5.56 Å². The molecule has 0 aliphatic rings. The molecule has 0 aromatic heterocycles. The number of phenols is 1. The predicted octanol–water partition coefficient (Wildman–Crippen LogP) is 1.78. The fourth-order valence-corrected chi connectivity index (χ4v) is 1.83. The van der Waals surface area contributed by atoms with Gasteiger partial charge >= 0.3 is 5.97 Å². The minimum atomic E-state index is -0.941. The first-order chi connectivity index (χ1) is 8.45. The first-order valence-electron chi connectivity index (χ1n) is 5.64. The molecule has 96 valence electrons. The van der Waals surface area contributed by atoms with Crippen LogP contribution in [0, 0.1) is 19.3 Å². The van der Waals surface area contributed by atoms with Crippen LogP contribution in [0.5, 0.6) is 5.75 Å². The van der Waals surface area contributed by atoms with Gasteiger partial charge in [0.05, 0.1) is 13.1 Å². The van der Waals surface area contributed by atoms with Gasteiger partial charge in [0.25, 0.3) is 0 Å². The highest BCUT2D eigenvalue weighted by Gasteiger charge is 2.20. The highest BCUT2D eigenvalue weighted by molar-refractivity contribution is 5.69. The summed E-state index contributed by atoms with van der Waals surface area (Å²) in [5, 5.41) is 18.7. The maximum absolute atomic E-state index is 10.8. The Balaban J connectivity index is 3.01. The molecule has 0 radical (unpaired) electrons. The Kier molecular flexibility index (Phi) is 4.75. The lowest BCUT2D eigenvalue weighted by Gasteiger charge is -2.26. The summed E-state index contributed by atoms with van der Waals surface area (Å²) in [6.45, 7) is 3.81. The quantitative estimate of drug-likeness (QED) is 0.779. The Morgan fingerprint density at radius 2 is 2.22 bits per heavy atom. The number of benzene rings is 1. The SMILES string of the molecule is C#CCN(CC(=O)O)C(C)c1cc(C)ccc1O. The average Bonchev–Trinajstić information content (AvgIpc) is 2.30. The molecule has 0 saturated carbocycles. The van der Waals surface area contributed by atoms with Crippen molar-refractivity contribution in [1.82, 2.24) is 4.90 Å². The van der Waals surface area contributed by atoms with Crippen molar-refractivity contribution in [1.29, 1.82) is 0 Å². The standard InChI is InChI=1S/C14H17NO3/c1-4-7-15(9-14(17)18)11(3)12-8-10(2)5-6-13(12)16/h1,5-6,8,11,16H,7,9H2,2-3H3,(H,17,18). The summed E-state index contributed by atoms with van der Waals surface area (Å²) in [5.74, 6) is 1.65. The monoisotopic (exact) mass is 247 g/mol. The summed E-state index contributed by atoms with van der Waals surface area (Å²) in [7, 11) is 0. The van der Waals surface area contributed by atoms with Crippen molar-refractivity contribution in [3.05, 3.63) is 29.3 Å². The van der Waals surface area contributed by atoms with Gasteiger partial charge in [0, 0.05) is 11.6 Å². The first-order valence-corrected chi connectivity index (χ1v) is 5.64. The molecule has 4 heteroatoms. The number of aliphatic carboxylic acids is 1. The molecule has 2 N–H and O–H groups in total. The van der Waals surface area contributed by atoms with E-state index in [-0.39, 0.29) is 24.9 Å². The van der Waals surface area contributed by atoms with Gasteiger partial charge in [-0.1, -0.05) is 23.6 Å². The van der Waals surface area contributed by atoms with Crippen LogP contribution in [0.25, 0.3) is 0 Å². The number of carboxylic acids is 1. The zero-order valence-electron chi connectivity index (χ0n) is 10.6. The second kappa shape index (κ2) is 6.08. The molecule has 0 aliphatic heterocycles. The van der Waals surface area contributed by atoms with Crippen LogP contribution in [-0.2, 0) is 4.79 Å². The van der Waals surface area contributed by atoms with E-state index in [1.165, 1.54) is 0 Å². The van der Waals surface area contributed by atoms with Gasteiger partial charge in [0.2, 0.25) is 0 Å². The van der Waals surface area contributed by atoms with E-state index < -0.39 is 5.97 Å². The van der Waals surface area contributed by atoms with Crippen molar-refractivity contribution in [2.24, 2.45) is 0 Å². The molecule has 0 fully saturated rings. The molecule has 1 unspecified atom stereocenters. The number of phenolic OH excluding ortho intramolecular Hbond substituents is 1. The van der Waals surface area contributed by atoms with Crippen molar-refractivity contribution in [3.8, 4) is 18.1 Å². The van der Waals surface area contributed by atoms with Crippen LogP contribution in [0.4, 0.5) is 0 Å². The number of hydrogen-bond acceptors (Lipinski definition) is 3. The molecular weight excluding hydrogens is 230 g/mol. The van der Waals surface area contributed by atoms with E-state index in [4.69, 9.17) is 11.5 Å². The lowest BCUT2D eigenvalue weighted by atomic mass is 10.0. The van der Waals surface area contributed by atoms with Crippen molar-refractivity contribution >= 4 is 5.97 Å². The van der Waals surface area contributed by atoms with Gasteiger partial charge < -0.3 is 10.2 Å². The fraction of sp³-hybridized carbons (Fsp3) is 0.357. The van der Waals surface area contributed by atoms with Crippen LogP contribution in [0.15, 0.2) is 18.2 Å². The number of aromatic hydroxyl groups is 1. The molecule has 0 heterocycles. The molecule has 1 aromatic rings. The minimum Gasteiger partial charge on any atom is -0.508 e. The number of nitrogens with zero attached hydrogens (tertiary/aromatic N) is 1. The summed E-state index contributed by atoms with van der Waals surface area (Å²) < 4.78 is 0. The third-order valence-corrected chi connectivity index (χ3v) is 2.81. The smallest absolute Gasteiger partial charge is 0.317 e. The van der Waals surface area contributed by atoms with Gasteiger partial charge in [-0.2, -0.15) is 0 Å². The number of aryl methyl sites for hydroxylation is 1. The van der Waals surface area contributed by atoms with E-state index in [1.807, 2.05) is 19.9 Å². The average molecular weight is 247 g/mol. The van der Waals surface area contributed by atoms with Gasteiger partial charge in [-0.3, -0.25) is 9.69 Å². The van der Waals surface area contributed by atoms with Crippen LogP contribution in [0.3, 0.4) is 0 Å². The molecule has 0 amide bonds. The van der Waals surface area contributed by atoms with Crippen LogP contribution >= 0.6 is 0 Å². The van der Waals surface area contributed by atoms with Crippen LogP contribution in [0.2, 0.25) is 0 Å². The Hall–Kier alpha value is -1.99. The summed E-state index contributed by atoms with van der Waals surface area (Å²) in [4.78, 5) is 12.4. The number of hydrogen-bond donors (Lipinski definition) is 2. The zero-order chi connectivity index (χ0) is 13.7. The fourth-order valence-electron chi connectivity index (χ4n) is 1.83. The second-order valence-electron chi connectivity index (χ2n) is 4.24. The van der Waals surface area contributed by atoms with Gasteiger partial charge in [0.15, 0.2) is 0 Å². The third kappa shape index (κ3) is 3.51. The molecule has 0 bridgehead atoms. The second-order valence-corrected chi connectivity index (χ2v) is 4.24. The predicted molar refractivity (Wildman–Crippen MR) is 69.3 cm³/mol. The van der Waals surface area contributed by atoms with E-state index in [0.717, 1.165) is 5.56 Å². The summed E-state index contributed by atoms with van der Waals surface area (Å²) in [5.41, 5.74) is 1.69. The lowest BCUT2D eigenvalue weighted by molar-refractivity contribution is -0.138. The largest absolute Gasteiger partial charge is 0.508 e. The zero-order valence-corrected chi connectivity index (χ0v) is 10.6. The molecule has 0 saturated heterocycles. The van der Waals surface area contributed by atoms with E-state index in [2.05, 4.69) is 5.92 Å². The maximum Gasteiger partial charge on any atom is 0.317 e. The molecule has 1 atom stereocenters. The minimum absolute atomic E-state index is 0.153. The van der Waals surface area contributed by atoms with Crippen molar-refractivity contribution in [3.63, 3.8) is 0 Å². The van der Waals surface area contributed by atoms with Crippen molar-refractivity contribution in [2.75, 3.05) is 13.1 Å². The molecule has 4 nitrogen and oxygen atoms in total. The van der Waals surface area contributed by atoms with E-state index in [1.54, 1.807) is 17.0 Å². The first kappa shape index (κ1) is 14.1. The summed E-state index contributed by atoms with van der Waals surface area (Å²) in [6, 6.07) is 4.99. The molecule has 18 heavy (non-hydrogen) atoms. The van der Waals surface area contributed by atoms with Gasteiger partial charge in [0.1, 0.15) is 5.75 Å². The molecule has 0 aliphatic carbocycles. The normalized spacial score (nSPS) is 12.1. The Labute approximate surface area is 107 Å². The molecular formula is C14H17NO3. The van der Waals surface area contributed by atoms with Crippen molar-refractivity contribution in [2.45, 2.75) is 19.9 Å². The van der Waals surface area contributed by atoms with Crippen molar-refractivity contribution < 1.29 is 15.0 Å². The Bertz CT molecular complexity index is 476. The van der Waals surface area contributed by atoms with Gasteiger partial charge in [-0.15, -0.1) is 6.42 Å². The highest BCUT2D eigenvalue weighted by atomic mass is 16.4. The van der Waals surface area contributed by atoms with Crippen LogP contribution in [-0.4, -0.2) is 34.2 Å². The Morgan fingerprint density at radius 3 is 2.78 bits per heavy atom. The van der Waals surface area contributed by atoms with Gasteiger partial charge in [-0.05, 0) is 19.9 Å². The highest BCUT2D eigenvalue weighted by Crippen LogP contribution is 2.28. The van der Waals surface area contributed by atoms with Gasteiger partial charge in [-0.25, -0.2) is 0 Å². The Morgan fingerprint density at radius 1 is 1.56 bits per heavy atom. The lowest BCUT2D eigenvalue weighted by Crippen LogP contribution is -2.32. The molecule has 0 spiro atoms. The summed E-state index contributed by atoms with van der Waals surface area (Å²) in [6.07, 6.45) is 5.24. The number of rotatable bonds is 5. The summed E-state index contributed by atoms with van der Waals surface area (Å²) >= 11 is 0. The van der Waals surface area contributed by atoms with Crippen LogP contribution < -0.4 is 0 Å². The molecule has 1 rings (SSSR count). The van der Waals surface area contributed by atoms with E-state index >= 15 is 0 Å². The van der Waals surface area contributed by atoms with E-state index in [9.17, 15) is 9.90 Å². The maximum atomic E-state index is 10.8. The third-order valence-electron chi connectivity index (χ3n) is 2.81. The van der Waals surface area contributed by atoms with Crippen LogP contribution in [0.1, 0.15) is 24.1 Å². The number of terminal acetylenes is 1. The topological polar surface area (TPSA) is 60.8 Å².